The summed E-state index contributed by atoms with van der Waals surface area (Å²) in [4.78, 5) is 11.2. The van der Waals surface area contributed by atoms with Gasteiger partial charge in [-0.2, -0.15) is 13.2 Å². The van der Waals surface area contributed by atoms with Crippen molar-refractivity contribution in [3.63, 3.8) is 0 Å². The van der Waals surface area contributed by atoms with Crippen molar-refractivity contribution in [3.8, 4) is 0 Å². The molecule has 1 unspecified atom stereocenters. The van der Waals surface area contributed by atoms with E-state index in [4.69, 9.17) is 0 Å². The predicted molar refractivity (Wildman–Crippen MR) is 64.2 cm³/mol. The Labute approximate surface area is 110 Å². The predicted octanol–water partition coefficient (Wildman–Crippen LogP) is 3.44. The molecule has 1 rings (SSSR count). The molecule has 0 aliphatic heterocycles. The van der Waals surface area contributed by atoms with Gasteiger partial charge >= 0.3 is 12.1 Å². The molecule has 18 heavy (non-hydrogen) atoms. The SMILES string of the molecule is COC(=O)C(C)Nc1cc(Br)cc(C(F)(F)F)c1. The second kappa shape index (κ2) is 5.60. The second-order valence-corrected chi connectivity index (χ2v) is 4.53. The van der Waals surface area contributed by atoms with Gasteiger partial charge in [-0.15, -0.1) is 0 Å². The van der Waals surface area contributed by atoms with Crippen molar-refractivity contribution in [1.82, 2.24) is 0 Å². The highest BCUT2D eigenvalue weighted by Gasteiger charge is 2.31. The molecule has 1 aromatic rings. The van der Waals surface area contributed by atoms with Crippen LogP contribution in [0.2, 0.25) is 0 Å². The van der Waals surface area contributed by atoms with E-state index in [0.29, 0.717) is 0 Å². The van der Waals surface area contributed by atoms with Crippen LogP contribution in [0.25, 0.3) is 0 Å². The van der Waals surface area contributed by atoms with Gasteiger partial charge in [-0.05, 0) is 25.1 Å². The molecule has 0 aliphatic rings. The fourth-order valence-corrected chi connectivity index (χ4v) is 1.82. The first-order valence-electron chi connectivity index (χ1n) is 4.96. The Kier molecular flexibility index (Phi) is 4.61. The minimum Gasteiger partial charge on any atom is -0.467 e. The number of rotatable bonds is 3. The molecule has 0 aliphatic carbocycles. The number of methoxy groups -OCH3 is 1. The zero-order valence-electron chi connectivity index (χ0n) is 9.64. The quantitative estimate of drug-likeness (QED) is 0.865. The molecule has 0 bridgehead atoms. The molecular weight excluding hydrogens is 315 g/mol. The summed E-state index contributed by atoms with van der Waals surface area (Å²) >= 11 is 2.99. The van der Waals surface area contributed by atoms with E-state index in [0.717, 1.165) is 12.1 Å². The van der Waals surface area contributed by atoms with E-state index >= 15 is 0 Å². The van der Waals surface area contributed by atoms with Crippen molar-refractivity contribution >= 4 is 27.6 Å². The molecule has 0 saturated heterocycles. The van der Waals surface area contributed by atoms with Gasteiger partial charge in [-0.1, -0.05) is 15.9 Å². The maximum atomic E-state index is 12.6. The second-order valence-electron chi connectivity index (χ2n) is 3.62. The van der Waals surface area contributed by atoms with E-state index < -0.39 is 23.8 Å². The van der Waals surface area contributed by atoms with Crippen molar-refractivity contribution < 1.29 is 22.7 Å². The Morgan fingerprint density at radius 3 is 2.50 bits per heavy atom. The topological polar surface area (TPSA) is 38.3 Å². The number of esters is 1. The molecule has 0 heterocycles. The number of carbonyl (C=O) groups is 1. The smallest absolute Gasteiger partial charge is 0.416 e. The van der Waals surface area contributed by atoms with Gasteiger partial charge in [0.15, 0.2) is 0 Å². The van der Waals surface area contributed by atoms with Crippen LogP contribution in [-0.2, 0) is 15.7 Å². The van der Waals surface area contributed by atoms with E-state index in [9.17, 15) is 18.0 Å². The largest absolute Gasteiger partial charge is 0.467 e. The van der Waals surface area contributed by atoms with E-state index in [2.05, 4.69) is 26.0 Å². The Hall–Kier alpha value is -1.24. The molecular formula is C11H11BrF3NO2. The first-order valence-corrected chi connectivity index (χ1v) is 5.75. The summed E-state index contributed by atoms with van der Waals surface area (Å²) in [6, 6.07) is 2.62. The molecule has 0 radical (unpaired) electrons. The van der Waals surface area contributed by atoms with E-state index in [1.807, 2.05) is 0 Å². The Bertz CT molecular complexity index is 448. The maximum absolute atomic E-state index is 12.6. The van der Waals surface area contributed by atoms with Gasteiger partial charge in [-0.3, -0.25) is 0 Å². The highest BCUT2D eigenvalue weighted by Crippen LogP contribution is 2.33. The normalized spacial score (nSPS) is 13.0. The van der Waals surface area contributed by atoms with Crippen LogP contribution in [-0.4, -0.2) is 19.1 Å². The zero-order chi connectivity index (χ0) is 13.9. The third kappa shape index (κ3) is 3.90. The maximum Gasteiger partial charge on any atom is 0.416 e. The fraction of sp³-hybridized carbons (Fsp3) is 0.364. The lowest BCUT2D eigenvalue weighted by Gasteiger charge is -2.15. The number of anilines is 1. The first-order chi connectivity index (χ1) is 8.24. The average molecular weight is 326 g/mol. The highest BCUT2D eigenvalue weighted by molar-refractivity contribution is 9.10. The third-order valence-electron chi connectivity index (χ3n) is 2.16. The van der Waals surface area contributed by atoms with Crippen LogP contribution in [0, 0.1) is 0 Å². The molecule has 0 amide bonds. The van der Waals surface area contributed by atoms with Gasteiger partial charge in [0.05, 0.1) is 12.7 Å². The minimum atomic E-state index is -4.44. The lowest BCUT2D eigenvalue weighted by molar-refractivity contribution is -0.141. The van der Waals surface area contributed by atoms with Crippen LogP contribution in [0.1, 0.15) is 12.5 Å². The fourth-order valence-electron chi connectivity index (χ4n) is 1.32. The molecule has 100 valence electrons. The van der Waals surface area contributed by atoms with Gasteiger partial charge in [0.1, 0.15) is 6.04 Å². The van der Waals surface area contributed by atoms with Crippen LogP contribution in [0.15, 0.2) is 22.7 Å². The standard InChI is InChI=1S/C11H11BrF3NO2/c1-6(10(17)18-2)16-9-4-7(11(13,14)15)3-8(12)5-9/h3-6,16H,1-2H3. The van der Waals surface area contributed by atoms with Gasteiger partial charge in [0, 0.05) is 10.2 Å². The van der Waals surface area contributed by atoms with Crippen LogP contribution in [0.4, 0.5) is 18.9 Å². The molecule has 1 N–H and O–H groups in total. The lowest BCUT2D eigenvalue weighted by atomic mass is 10.2. The van der Waals surface area contributed by atoms with Crippen molar-refractivity contribution in [2.75, 3.05) is 12.4 Å². The summed E-state index contributed by atoms with van der Waals surface area (Å²) in [7, 11) is 1.21. The lowest BCUT2D eigenvalue weighted by Crippen LogP contribution is -2.27. The van der Waals surface area contributed by atoms with Crippen LogP contribution >= 0.6 is 15.9 Å². The number of benzene rings is 1. The zero-order valence-corrected chi connectivity index (χ0v) is 11.2. The summed E-state index contributed by atoms with van der Waals surface area (Å²) in [6.45, 7) is 1.50. The molecule has 1 atom stereocenters. The van der Waals surface area contributed by atoms with Crippen molar-refractivity contribution in [3.05, 3.63) is 28.2 Å². The van der Waals surface area contributed by atoms with Crippen LogP contribution in [0.5, 0.6) is 0 Å². The van der Waals surface area contributed by atoms with Gasteiger partial charge in [-0.25, -0.2) is 4.79 Å². The Balaban J connectivity index is 2.97. The number of halogens is 4. The first kappa shape index (κ1) is 14.8. The highest BCUT2D eigenvalue weighted by atomic mass is 79.9. The van der Waals surface area contributed by atoms with Crippen molar-refractivity contribution in [2.45, 2.75) is 19.1 Å². The van der Waals surface area contributed by atoms with Gasteiger partial charge < -0.3 is 10.1 Å². The van der Waals surface area contributed by atoms with E-state index in [1.54, 1.807) is 0 Å². The Morgan fingerprint density at radius 2 is 2.00 bits per heavy atom. The molecule has 3 nitrogen and oxygen atoms in total. The summed E-state index contributed by atoms with van der Waals surface area (Å²) in [5.41, 5.74) is -0.606. The summed E-state index contributed by atoms with van der Waals surface area (Å²) in [5, 5.41) is 2.64. The summed E-state index contributed by atoms with van der Waals surface area (Å²) in [6.07, 6.45) is -4.44. The molecule has 0 spiro atoms. The molecule has 0 aromatic heterocycles. The van der Waals surface area contributed by atoms with E-state index in [-0.39, 0.29) is 10.2 Å². The number of nitrogens with one attached hydrogen (secondary N) is 1. The molecule has 1 aromatic carbocycles. The van der Waals surface area contributed by atoms with Crippen LogP contribution in [0.3, 0.4) is 0 Å². The molecule has 0 fully saturated rings. The number of hydrogen-bond donors (Lipinski definition) is 1. The van der Waals surface area contributed by atoms with Crippen LogP contribution < -0.4 is 5.32 Å². The van der Waals surface area contributed by atoms with E-state index in [1.165, 1.54) is 20.1 Å². The minimum absolute atomic E-state index is 0.189. The Morgan fingerprint density at radius 1 is 1.39 bits per heavy atom. The molecule has 7 heteroatoms. The summed E-state index contributed by atoms with van der Waals surface area (Å²) in [5.74, 6) is -0.552. The number of ether oxygens (including phenoxy) is 1. The third-order valence-corrected chi connectivity index (χ3v) is 2.62. The summed E-state index contributed by atoms with van der Waals surface area (Å²) < 4.78 is 42.5. The number of hydrogen-bond acceptors (Lipinski definition) is 3. The average Bonchev–Trinajstić information content (AvgIpc) is 2.25. The van der Waals surface area contributed by atoms with Crippen molar-refractivity contribution in [2.24, 2.45) is 0 Å². The van der Waals surface area contributed by atoms with Crippen molar-refractivity contribution in [1.29, 1.82) is 0 Å². The number of carbonyl (C=O) groups excluding carboxylic acids is 1. The monoisotopic (exact) mass is 325 g/mol. The van der Waals surface area contributed by atoms with Gasteiger partial charge in [0.25, 0.3) is 0 Å². The van der Waals surface area contributed by atoms with Gasteiger partial charge in [0.2, 0.25) is 0 Å². The molecule has 0 saturated carbocycles. The number of alkyl halides is 3.